The number of methoxy groups -OCH3 is 2. The summed E-state index contributed by atoms with van der Waals surface area (Å²) in [6.07, 6.45) is 1.73. The van der Waals surface area contributed by atoms with Crippen molar-refractivity contribution in [2.45, 2.75) is 6.92 Å². The Bertz CT molecular complexity index is 578. The maximum Gasteiger partial charge on any atom is 0.341 e. The summed E-state index contributed by atoms with van der Waals surface area (Å²) in [5, 5.41) is 0.925. The number of nitrogens with zero attached hydrogens (tertiary/aromatic N) is 1. The summed E-state index contributed by atoms with van der Waals surface area (Å²) in [5.74, 6) is 0.0643. The van der Waals surface area contributed by atoms with Gasteiger partial charge in [0.15, 0.2) is 0 Å². The van der Waals surface area contributed by atoms with E-state index >= 15 is 0 Å². The smallest absolute Gasteiger partial charge is 0.341 e. The molecule has 0 bridgehead atoms. The van der Waals surface area contributed by atoms with Crippen LogP contribution in [0.3, 0.4) is 0 Å². The van der Waals surface area contributed by atoms with Crippen LogP contribution in [0.4, 0.5) is 0 Å². The van der Waals surface area contributed by atoms with Gasteiger partial charge in [0.1, 0.15) is 11.3 Å². The summed E-state index contributed by atoms with van der Waals surface area (Å²) in [6, 6.07) is 5.40. The van der Waals surface area contributed by atoms with Gasteiger partial charge in [-0.3, -0.25) is 4.98 Å². The molecule has 0 fully saturated rings. The number of esters is 1. The molecule has 17 heavy (non-hydrogen) atoms. The van der Waals surface area contributed by atoms with Crippen molar-refractivity contribution in [1.29, 1.82) is 0 Å². The van der Waals surface area contributed by atoms with Crippen LogP contribution in [-0.4, -0.2) is 25.2 Å². The van der Waals surface area contributed by atoms with Crippen LogP contribution in [0.1, 0.15) is 15.9 Å². The molecular formula is C13H13NO3. The van der Waals surface area contributed by atoms with Gasteiger partial charge >= 0.3 is 5.97 Å². The van der Waals surface area contributed by atoms with Gasteiger partial charge < -0.3 is 9.47 Å². The Morgan fingerprint density at radius 2 is 2.06 bits per heavy atom. The van der Waals surface area contributed by atoms with E-state index in [1.165, 1.54) is 14.2 Å². The van der Waals surface area contributed by atoms with Crippen molar-refractivity contribution in [1.82, 2.24) is 4.98 Å². The van der Waals surface area contributed by atoms with Crippen molar-refractivity contribution in [3.8, 4) is 5.75 Å². The third-order valence-corrected chi connectivity index (χ3v) is 2.69. The van der Waals surface area contributed by atoms with Crippen LogP contribution in [0.5, 0.6) is 5.75 Å². The molecule has 0 aliphatic heterocycles. The van der Waals surface area contributed by atoms with Crippen LogP contribution in [0, 0.1) is 6.92 Å². The summed E-state index contributed by atoms with van der Waals surface area (Å²) < 4.78 is 9.90. The number of fused-ring (bicyclic) bond motifs is 1. The van der Waals surface area contributed by atoms with E-state index in [1.807, 2.05) is 13.0 Å². The van der Waals surface area contributed by atoms with Crippen molar-refractivity contribution in [3.05, 3.63) is 35.5 Å². The molecule has 0 radical (unpaired) electrons. The number of pyridine rings is 1. The van der Waals surface area contributed by atoms with Gasteiger partial charge in [-0.2, -0.15) is 0 Å². The molecule has 4 heteroatoms. The molecule has 1 aromatic carbocycles. The van der Waals surface area contributed by atoms with Gasteiger partial charge in [-0.15, -0.1) is 0 Å². The summed E-state index contributed by atoms with van der Waals surface area (Å²) >= 11 is 0. The fourth-order valence-corrected chi connectivity index (χ4v) is 1.75. The number of rotatable bonds is 2. The third-order valence-electron chi connectivity index (χ3n) is 2.69. The topological polar surface area (TPSA) is 48.4 Å². The lowest BCUT2D eigenvalue weighted by Gasteiger charge is -2.09. The second-order valence-corrected chi connectivity index (χ2v) is 3.69. The fraction of sp³-hybridized carbons (Fsp3) is 0.231. The van der Waals surface area contributed by atoms with E-state index in [4.69, 9.17) is 9.47 Å². The summed E-state index contributed by atoms with van der Waals surface area (Å²) in [5.41, 5.74) is 2.27. The van der Waals surface area contributed by atoms with Crippen molar-refractivity contribution in [2.24, 2.45) is 0 Å². The molecule has 1 heterocycles. The van der Waals surface area contributed by atoms with E-state index in [9.17, 15) is 4.79 Å². The summed E-state index contributed by atoms with van der Waals surface area (Å²) in [7, 11) is 2.87. The van der Waals surface area contributed by atoms with Crippen LogP contribution >= 0.6 is 0 Å². The molecule has 1 aromatic heterocycles. The zero-order chi connectivity index (χ0) is 12.4. The molecule has 2 rings (SSSR count). The van der Waals surface area contributed by atoms with Gasteiger partial charge in [-0.05, 0) is 24.6 Å². The Morgan fingerprint density at radius 1 is 1.29 bits per heavy atom. The molecule has 0 N–H and O–H groups in total. The largest absolute Gasteiger partial charge is 0.496 e. The lowest BCUT2D eigenvalue weighted by Crippen LogP contribution is -2.04. The maximum atomic E-state index is 11.6. The second kappa shape index (κ2) is 4.41. The Kier molecular flexibility index (Phi) is 2.95. The zero-order valence-electron chi connectivity index (χ0n) is 9.98. The molecule has 0 aliphatic carbocycles. The average molecular weight is 231 g/mol. The van der Waals surface area contributed by atoms with E-state index in [1.54, 1.807) is 18.3 Å². The van der Waals surface area contributed by atoms with Gasteiger partial charge in [0.2, 0.25) is 0 Å². The summed E-state index contributed by atoms with van der Waals surface area (Å²) in [4.78, 5) is 15.9. The third kappa shape index (κ3) is 1.93. The van der Waals surface area contributed by atoms with Crippen molar-refractivity contribution in [2.75, 3.05) is 14.2 Å². The van der Waals surface area contributed by atoms with Gasteiger partial charge in [-0.1, -0.05) is 0 Å². The lowest BCUT2D eigenvalue weighted by atomic mass is 10.1. The van der Waals surface area contributed by atoms with E-state index in [2.05, 4.69) is 4.98 Å². The molecule has 0 aliphatic rings. The van der Waals surface area contributed by atoms with Crippen LogP contribution in [0.2, 0.25) is 0 Å². The number of ether oxygens (including phenoxy) is 2. The standard InChI is InChI=1S/C13H13NO3/c1-8-4-5-14-11-7-12(16-2)10(6-9(8)11)13(15)17-3/h4-7H,1-3H3. The molecule has 4 nitrogen and oxygen atoms in total. The minimum Gasteiger partial charge on any atom is -0.496 e. The van der Waals surface area contributed by atoms with E-state index in [0.29, 0.717) is 11.3 Å². The molecule has 0 spiro atoms. The van der Waals surface area contributed by atoms with Crippen molar-refractivity contribution >= 4 is 16.9 Å². The number of aryl methyl sites for hydroxylation is 1. The first kappa shape index (κ1) is 11.4. The fourth-order valence-electron chi connectivity index (χ4n) is 1.75. The van der Waals surface area contributed by atoms with Crippen LogP contribution in [-0.2, 0) is 4.74 Å². The molecule has 0 unspecified atom stereocenters. The van der Waals surface area contributed by atoms with Crippen LogP contribution in [0.15, 0.2) is 24.4 Å². The number of benzene rings is 1. The number of hydrogen-bond acceptors (Lipinski definition) is 4. The van der Waals surface area contributed by atoms with Gasteiger partial charge in [0, 0.05) is 17.6 Å². The van der Waals surface area contributed by atoms with Crippen LogP contribution < -0.4 is 4.74 Å². The van der Waals surface area contributed by atoms with Crippen molar-refractivity contribution < 1.29 is 14.3 Å². The first-order chi connectivity index (χ1) is 8.17. The normalized spacial score (nSPS) is 10.3. The monoisotopic (exact) mass is 231 g/mol. The SMILES string of the molecule is COC(=O)c1cc2c(C)ccnc2cc1OC. The number of hydrogen-bond donors (Lipinski definition) is 0. The first-order valence-corrected chi connectivity index (χ1v) is 5.19. The molecule has 0 amide bonds. The number of carbonyl (C=O) groups is 1. The van der Waals surface area contributed by atoms with Gasteiger partial charge in [0.05, 0.1) is 19.7 Å². The lowest BCUT2D eigenvalue weighted by molar-refractivity contribution is 0.0597. The second-order valence-electron chi connectivity index (χ2n) is 3.69. The minimum atomic E-state index is -0.410. The predicted molar refractivity (Wildman–Crippen MR) is 64.4 cm³/mol. The highest BCUT2D eigenvalue weighted by molar-refractivity contribution is 5.98. The van der Waals surface area contributed by atoms with Gasteiger partial charge in [0.25, 0.3) is 0 Å². The Balaban J connectivity index is 2.74. The summed E-state index contributed by atoms with van der Waals surface area (Å²) in [6.45, 7) is 1.97. The zero-order valence-corrected chi connectivity index (χ0v) is 9.98. The predicted octanol–water partition coefficient (Wildman–Crippen LogP) is 2.34. The average Bonchev–Trinajstić information content (AvgIpc) is 2.37. The minimum absolute atomic E-state index is 0.410. The first-order valence-electron chi connectivity index (χ1n) is 5.19. The Hall–Kier alpha value is -2.10. The van der Waals surface area contributed by atoms with E-state index in [0.717, 1.165) is 16.5 Å². The van der Waals surface area contributed by atoms with Crippen molar-refractivity contribution in [3.63, 3.8) is 0 Å². The highest BCUT2D eigenvalue weighted by atomic mass is 16.5. The molecule has 2 aromatic rings. The Morgan fingerprint density at radius 3 is 2.71 bits per heavy atom. The molecular weight excluding hydrogens is 218 g/mol. The molecule has 0 saturated carbocycles. The Labute approximate surface area is 99.2 Å². The highest BCUT2D eigenvalue weighted by Gasteiger charge is 2.14. The van der Waals surface area contributed by atoms with Gasteiger partial charge in [-0.25, -0.2) is 4.79 Å². The maximum absolute atomic E-state index is 11.6. The van der Waals surface area contributed by atoms with E-state index < -0.39 is 5.97 Å². The number of carbonyl (C=O) groups excluding carboxylic acids is 1. The number of aromatic nitrogens is 1. The molecule has 0 atom stereocenters. The quantitative estimate of drug-likeness (QED) is 0.744. The van der Waals surface area contributed by atoms with Crippen LogP contribution in [0.25, 0.3) is 10.9 Å². The molecule has 0 saturated heterocycles. The highest BCUT2D eigenvalue weighted by Crippen LogP contribution is 2.27. The molecule has 88 valence electrons. The van der Waals surface area contributed by atoms with E-state index in [-0.39, 0.29) is 0 Å².